The van der Waals surface area contributed by atoms with Crippen LogP contribution in [0.15, 0.2) is 18.2 Å². The number of hydrogen-bond donors (Lipinski definition) is 1. The Hall–Kier alpha value is -0.980. The molecule has 3 rings (SSSR count). The molecule has 0 spiro atoms. The summed E-state index contributed by atoms with van der Waals surface area (Å²) in [6.45, 7) is -0.259. The number of halogens is 2. The van der Waals surface area contributed by atoms with Crippen molar-refractivity contribution < 1.29 is 13.2 Å². The van der Waals surface area contributed by atoms with Gasteiger partial charge in [0.15, 0.2) is 0 Å². The molecule has 0 heterocycles. The predicted molar refractivity (Wildman–Crippen MR) is 96.0 cm³/mol. The predicted octanol–water partition coefficient (Wildman–Crippen LogP) is 3.06. The maximum atomic E-state index is 12.4. The number of nitrogens with zero attached hydrogens (tertiary/aromatic N) is 1. The van der Waals surface area contributed by atoms with Crippen molar-refractivity contribution in [2.75, 3.05) is 17.1 Å². The van der Waals surface area contributed by atoms with Crippen LogP contribution in [0, 0.1) is 11.8 Å². The van der Waals surface area contributed by atoms with Gasteiger partial charge in [0.05, 0.1) is 22.0 Å². The van der Waals surface area contributed by atoms with Crippen LogP contribution < -0.4 is 9.62 Å². The van der Waals surface area contributed by atoms with Crippen molar-refractivity contribution in [3.8, 4) is 0 Å². The zero-order valence-corrected chi connectivity index (χ0v) is 15.7. The summed E-state index contributed by atoms with van der Waals surface area (Å²) in [5.41, 5.74) is 0.329. The molecule has 2 bridgehead atoms. The number of carbonyl (C=O) groups excluding carboxylic acids is 1. The van der Waals surface area contributed by atoms with Crippen molar-refractivity contribution >= 4 is 44.8 Å². The summed E-state index contributed by atoms with van der Waals surface area (Å²) in [7, 11) is -3.62. The fourth-order valence-electron chi connectivity index (χ4n) is 3.84. The molecule has 8 heteroatoms. The van der Waals surface area contributed by atoms with E-state index in [0.717, 1.165) is 23.4 Å². The molecule has 1 aromatic rings. The number of carbonyl (C=O) groups is 1. The quantitative estimate of drug-likeness (QED) is 0.839. The van der Waals surface area contributed by atoms with E-state index < -0.39 is 10.0 Å². The first kappa shape index (κ1) is 17.8. The van der Waals surface area contributed by atoms with Crippen LogP contribution in [0.4, 0.5) is 5.69 Å². The third-order valence-corrected chi connectivity index (χ3v) is 6.84. The van der Waals surface area contributed by atoms with Gasteiger partial charge < -0.3 is 5.32 Å². The van der Waals surface area contributed by atoms with E-state index in [4.69, 9.17) is 23.2 Å². The third-order valence-electron chi connectivity index (χ3n) is 4.96. The van der Waals surface area contributed by atoms with Gasteiger partial charge in [0.25, 0.3) is 0 Å². The molecule has 2 fully saturated rings. The second kappa shape index (κ2) is 6.73. The van der Waals surface area contributed by atoms with Crippen molar-refractivity contribution in [3.05, 3.63) is 28.2 Å². The van der Waals surface area contributed by atoms with Crippen molar-refractivity contribution in [1.29, 1.82) is 0 Å². The Morgan fingerprint density at radius 2 is 2.00 bits per heavy atom. The third kappa shape index (κ3) is 3.81. The Morgan fingerprint density at radius 3 is 2.54 bits per heavy atom. The largest absolute Gasteiger partial charge is 0.352 e. The second-order valence-corrected chi connectivity index (χ2v) is 9.44. The maximum absolute atomic E-state index is 12.4. The summed E-state index contributed by atoms with van der Waals surface area (Å²) < 4.78 is 25.2. The lowest BCUT2D eigenvalue weighted by Crippen LogP contribution is -2.45. The van der Waals surface area contributed by atoms with Crippen LogP contribution in [-0.4, -0.2) is 33.2 Å². The lowest BCUT2D eigenvalue weighted by Gasteiger charge is -2.26. The van der Waals surface area contributed by atoms with Crippen molar-refractivity contribution in [1.82, 2.24) is 5.32 Å². The fourth-order valence-corrected chi connectivity index (χ4v) is 4.99. The molecule has 2 aliphatic carbocycles. The summed E-state index contributed by atoms with van der Waals surface area (Å²) in [6.07, 6.45) is 5.64. The number of anilines is 1. The van der Waals surface area contributed by atoms with Gasteiger partial charge in [0.1, 0.15) is 6.54 Å². The molecule has 1 aromatic carbocycles. The lowest BCUT2D eigenvalue weighted by molar-refractivity contribution is -0.120. The minimum absolute atomic E-state index is 0.173. The maximum Gasteiger partial charge on any atom is 0.241 e. The van der Waals surface area contributed by atoms with E-state index in [1.54, 1.807) is 6.07 Å². The standard InChI is InChI=1S/C16H20Cl2N2O3S/c1-24(22,23)20(12-4-5-13(17)14(18)8-12)9-16(21)19-15-7-10-2-3-11(15)6-10/h4-5,8,10-11,15H,2-3,6-7,9H2,1H3,(H,19,21)/t10-,11-,15+/m0/s1. The van der Waals surface area contributed by atoms with E-state index in [1.165, 1.54) is 25.0 Å². The molecule has 132 valence electrons. The van der Waals surface area contributed by atoms with E-state index in [-0.39, 0.29) is 23.5 Å². The smallest absolute Gasteiger partial charge is 0.241 e. The van der Waals surface area contributed by atoms with Gasteiger partial charge in [-0.1, -0.05) is 29.6 Å². The Labute approximate surface area is 152 Å². The summed E-state index contributed by atoms with van der Waals surface area (Å²) in [6, 6.07) is 4.69. The van der Waals surface area contributed by atoms with E-state index in [1.807, 2.05) is 0 Å². The molecule has 1 amide bonds. The van der Waals surface area contributed by atoms with Crippen LogP contribution >= 0.6 is 23.2 Å². The first-order valence-electron chi connectivity index (χ1n) is 7.96. The average Bonchev–Trinajstić information content (AvgIpc) is 3.09. The molecule has 0 aliphatic heterocycles. The highest BCUT2D eigenvalue weighted by Gasteiger charge is 2.40. The summed E-state index contributed by atoms with van der Waals surface area (Å²) in [5.74, 6) is 0.959. The number of rotatable bonds is 5. The molecule has 1 N–H and O–H groups in total. The van der Waals surface area contributed by atoms with Crippen LogP contribution in [-0.2, 0) is 14.8 Å². The summed E-state index contributed by atoms with van der Waals surface area (Å²) in [4.78, 5) is 12.4. The van der Waals surface area contributed by atoms with Crippen molar-refractivity contribution in [2.45, 2.75) is 31.7 Å². The number of hydrogen-bond acceptors (Lipinski definition) is 3. The molecule has 24 heavy (non-hydrogen) atoms. The van der Waals surface area contributed by atoms with Crippen molar-refractivity contribution in [3.63, 3.8) is 0 Å². The van der Waals surface area contributed by atoms with Gasteiger partial charge in [0.2, 0.25) is 15.9 Å². The number of sulfonamides is 1. The van der Waals surface area contributed by atoms with E-state index >= 15 is 0 Å². The molecule has 0 radical (unpaired) electrons. The molecular formula is C16H20Cl2N2O3S. The zero-order chi connectivity index (χ0) is 17.5. The van der Waals surface area contributed by atoms with E-state index in [0.29, 0.717) is 22.5 Å². The first-order valence-corrected chi connectivity index (χ1v) is 10.6. The summed E-state index contributed by atoms with van der Waals surface area (Å²) >= 11 is 11.8. The van der Waals surface area contributed by atoms with Crippen LogP contribution in [0.25, 0.3) is 0 Å². The van der Waals surface area contributed by atoms with Crippen molar-refractivity contribution in [2.24, 2.45) is 11.8 Å². The zero-order valence-electron chi connectivity index (χ0n) is 13.3. The highest BCUT2D eigenvalue weighted by atomic mass is 35.5. The Morgan fingerprint density at radius 1 is 1.25 bits per heavy atom. The van der Waals surface area contributed by atoms with Crippen LogP contribution in [0.1, 0.15) is 25.7 Å². The molecular weight excluding hydrogens is 371 g/mol. The molecule has 0 unspecified atom stereocenters. The molecule has 2 saturated carbocycles. The SMILES string of the molecule is CS(=O)(=O)N(CC(=O)N[C@@H]1C[C@H]2CC[C@H]1C2)c1ccc(Cl)c(Cl)c1. The van der Waals surface area contributed by atoms with Gasteiger partial charge in [0, 0.05) is 6.04 Å². The van der Waals surface area contributed by atoms with Gasteiger partial charge in [-0.25, -0.2) is 8.42 Å². The van der Waals surface area contributed by atoms with Gasteiger partial charge in [-0.15, -0.1) is 0 Å². The van der Waals surface area contributed by atoms with Crippen LogP contribution in [0.3, 0.4) is 0 Å². The highest BCUT2D eigenvalue weighted by Crippen LogP contribution is 2.44. The number of amides is 1. The summed E-state index contributed by atoms with van der Waals surface area (Å²) in [5, 5.41) is 3.58. The van der Waals surface area contributed by atoms with Gasteiger partial charge in [-0.3, -0.25) is 9.10 Å². The number of fused-ring (bicyclic) bond motifs is 2. The van der Waals surface area contributed by atoms with E-state index in [9.17, 15) is 13.2 Å². The van der Waals surface area contributed by atoms with Crippen LogP contribution in [0.2, 0.25) is 10.0 Å². The van der Waals surface area contributed by atoms with E-state index in [2.05, 4.69) is 5.32 Å². The lowest BCUT2D eigenvalue weighted by atomic mass is 9.95. The normalized spacial score (nSPS) is 25.7. The molecule has 2 aliphatic rings. The second-order valence-electron chi connectivity index (χ2n) is 6.72. The molecule has 0 aromatic heterocycles. The fraction of sp³-hybridized carbons (Fsp3) is 0.562. The average molecular weight is 391 g/mol. The Kier molecular flexibility index (Phi) is 5.00. The number of benzene rings is 1. The molecule has 0 saturated heterocycles. The highest BCUT2D eigenvalue weighted by molar-refractivity contribution is 7.92. The Balaban J connectivity index is 1.72. The molecule has 3 atom stereocenters. The molecule has 5 nitrogen and oxygen atoms in total. The Bertz CT molecular complexity index is 754. The van der Waals surface area contributed by atoms with Gasteiger partial charge in [-0.2, -0.15) is 0 Å². The topological polar surface area (TPSA) is 66.5 Å². The minimum Gasteiger partial charge on any atom is -0.352 e. The number of nitrogens with one attached hydrogen (secondary N) is 1. The van der Waals surface area contributed by atoms with Gasteiger partial charge in [-0.05, 0) is 49.3 Å². The van der Waals surface area contributed by atoms with Crippen LogP contribution in [0.5, 0.6) is 0 Å². The first-order chi connectivity index (χ1) is 11.2. The monoisotopic (exact) mass is 390 g/mol. The minimum atomic E-state index is -3.62. The van der Waals surface area contributed by atoms with Gasteiger partial charge >= 0.3 is 0 Å².